The molecule has 3 heteroatoms. The Morgan fingerprint density at radius 3 is 2.59 bits per heavy atom. The summed E-state index contributed by atoms with van der Waals surface area (Å²) >= 11 is 0. The molecule has 0 saturated carbocycles. The highest BCUT2D eigenvalue weighted by molar-refractivity contribution is 5.99. The second kappa shape index (κ2) is 5.71. The third-order valence-electron chi connectivity index (χ3n) is 3.31. The maximum atomic E-state index is 12.0. The standard InChI is InChI=1S/C14H22N2O/c1-5-10(3)11(4)16-14(17)12-7-6-9(2)8-13(12)15/h6-8,10-11H,5,15H2,1-4H3,(H,16,17). The highest BCUT2D eigenvalue weighted by Gasteiger charge is 2.15. The molecule has 0 aromatic heterocycles. The smallest absolute Gasteiger partial charge is 0.253 e. The van der Waals surface area contributed by atoms with Crippen LogP contribution in [-0.2, 0) is 0 Å². The molecule has 1 amide bonds. The number of nitrogen functional groups attached to an aromatic ring is 1. The van der Waals surface area contributed by atoms with E-state index in [-0.39, 0.29) is 11.9 Å². The Labute approximate surface area is 103 Å². The molecule has 2 atom stereocenters. The van der Waals surface area contributed by atoms with Gasteiger partial charge in [-0.15, -0.1) is 0 Å². The second-order valence-corrected chi connectivity index (χ2v) is 4.74. The van der Waals surface area contributed by atoms with Crippen LogP contribution in [0.25, 0.3) is 0 Å². The van der Waals surface area contributed by atoms with Crippen molar-refractivity contribution in [1.29, 1.82) is 0 Å². The first-order valence-electron chi connectivity index (χ1n) is 6.12. The van der Waals surface area contributed by atoms with Gasteiger partial charge in [-0.25, -0.2) is 0 Å². The predicted molar refractivity (Wildman–Crippen MR) is 72.0 cm³/mol. The molecule has 2 unspecified atom stereocenters. The first-order chi connectivity index (χ1) is 7.95. The zero-order valence-electron chi connectivity index (χ0n) is 11.1. The van der Waals surface area contributed by atoms with Gasteiger partial charge in [0.25, 0.3) is 5.91 Å². The molecule has 0 bridgehead atoms. The monoisotopic (exact) mass is 234 g/mol. The van der Waals surface area contributed by atoms with Crippen LogP contribution in [0.4, 0.5) is 5.69 Å². The van der Waals surface area contributed by atoms with Crippen molar-refractivity contribution in [3.05, 3.63) is 29.3 Å². The summed E-state index contributed by atoms with van der Waals surface area (Å²) < 4.78 is 0. The van der Waals surface area contributed by atoms with Gasteiger partial charge in [0.05, 0.1) is 5.56 Å². The van der Waals surface area contributed by atoms with Crippen LogP contribution in [0.2, 0.25) is 0 Å². The topological polar surface area (TPSA) is 55.1 Å². The van der Waals surface area contributed by atoms with Crippen LogP contribution in [0.15, 0.2) is 18.2 Å². The van der Waals surface area contributed by atoms with Gasteiger partial charge in [0.2, 0.25) is 0 Å². The number of hydrogen-bond donors (Lipinski definition) is 2. The first-order valence-corrected chi connectivity index (χ1v) is 6.12. The molecule has 0 fully saturated rings. The van der Waals surface area contributed by atoms with Gasteiger partial charge < -0.3 is 11.1 Å². The fraction of sp³-hybridized carbons (Fsp3) is 0.500. The molecule has 1 aromatic rings. The number of anilines is 1. The van der Waals surface area contributed by atoms with E-state index in [2.05, 4.69) is 19.2 Å². The average molecular weight is 234 g/mol. The lowest BCUT2D eigenvalue weighted by atomic mass is 10.0. The van der Waals surface area contributed by atoms with E-state index in [0.717, 1.165) is 12.0 Å². The molecule has 94 valence electrons. The van der Waals surface area contributed by atoms with E-state index in [1.54, 1.807) is 6.07 Å². The van der Waals surface area contributed by atoms with Gasteiger partial charge in [0.15, 0.2) is 0 Å². The highest BCUT2D eigenvalue weighted by atomic mass is 16.1. The van der Waals surface area contributed by atoms with Gasteiger partial charge in [-0.1, -0.05) is 26.3 Å². The Bertz CT molecular complexity index is 401. The highest BCUT2D eigenvalue weighted by Crippen LogP contribution is 2.15. The number of carbonyl (C=O) groups is 1. The van der Waals surface area contributed by atoms with E-state index in [9.17, 15) is 4.79 Å². The minimum atomic E-state index is -0.0877. The van der Waals surface area contributed by atoms with E-state index in [1.807, 2.05) is 26.0 Å². The summed E-state index contributed by atoms with van der Waals surface area (Å²) in [6.07, 6.45) is 1.05. The summed E-state index contributed by atoms with van der Waals surface area (Å²) in [5.74, 6) is 0.376. The third kappa shape index (κ3) is 3.48. The van der Waals surface area contributed by atoms with Gasteiger partial charge in [0, 0.05) is 11.7 Å². The number of nitrogens with one attached hydrogen (secondary N) is 1. The predicted octanol–water partition coefficient (Wildman–Crippen LogP) is 2.74. The zero-order valence-corrected chi connectivity index (χ0v) is 11.1. The molecular weight excluding hydrogens is 212 g/mol. The Morgan fingerprint density at radius 1 is 1.41 bits per heavy atom. The van der Waals surface area contributed by atoms with Crippen LogP contribution >= 0.6 is 0 Å². The zero-order chi connectivity index (χ0) is 13.0. The average Bonchev–Trinajstić information content (AvgIpc) is 2.27. The maximum absolute atomic E-state index is 12.0. The molecule has 1 aromatic carbocycles. The first kappa shape index (κ1) is 13.6. The lowest BCUT2D eigenvalue weighted by molar-refractivity contribution is 0.0929. The van der Waals surface area contributed by atoms with Gasteiger partial charge in [-0.3, -0.25) is 4.79 Å². The van der Waals surface area contributed by atoms with Crippen LogP contribution in [0, 0.1) is 12.8 Å². The number of nitrogens with two attached hydrogens (primary N) is 1. The fourth-order valence-electron chi connectivity index (χ4n) is 1.67. The van der Waals surface area contributed by atoms with Crippen molar-refractivity contribution < 1.29 is 4.79 Å². The fourth-order valence-corrected chi connectivity index (χ4v) is 1.67. The lowest BCUT2D eigenvalue weighted by Crippen LogP contribution is -2.37. The molecule has 0 radical (unpaired) electrons. The van der Waals surface area contributed by atoms with Crippen LogP contribution < -0.4 is 11.1 Å². The molecule has 1 rings (SSSR count). The quantitative estimate of drug-likeness (QED) is 0.787. The SMILES string of the molecule is CCC(C)C(C)NC(=O)c1ccc(C)cc1N. The van der Waals surface area contributed by atoms with E-state index in [4.69, 9.17) is 5.73 Å². The summed E-state index contributed by atoms with van der Waals surface area (Å²) in [6, 6.07) is 5.67. The largest absolute Gasteiger partial charge is 0.398 e. The van der Waals surface area contributed by atoms with Gasteiger partial charge in [-0.05, 0) is 37.5 Å². The van der Waals surface area contributed by atoms with E-state index < -0.39 is 0 Å². The van der Waals surface area contributed by atoms with Crippen molar-refractivity contribution in [3.63, 3.8) is 0 Å². The summed E-state index contributed by atoms with van der Waals surface area (Å²) in [4.78, 5) is 12.0. The van der Waals surface area contributed by atoms with Gasteiger partial charge in [0.1, 0.15) is 0 Å². The molecule has 0 spiro atoms. The van der Waals surface area contributed by atoms with Crippen LogP contribution in [0.1, 0.15) is 43.1 Å². The Hall–Kier alpha value is -1.51. The summed E-state index contributed by atoms with van der Waals surface area (Å²) in [5.41, 5.74) is 8.01. The number of aryl methyl sites for hydroxylation is 1. The normalized spacial score (nSPS) is 14.1. The number of carbonyl (C=O) groups excluding carboxylic acids is 1. The Kier molecular flexibility index (Phi) is 4.55. The van der Waals surface area contributed by atoms with Gasteiger partial charge in [-0.2, -0.15) is 0 Å². The van der Waals surface area contributed by atoms with Crippen molar-refractivity contribution >= 4 is 11.6 Å². The lowest BCUT2D eigenvalue weighted by Gasteiger charge is -2.20. The summed E-state index contributed by atoms with van der Waals surface area (Å²) in [5, 5.41) is 2.99. The molecule has 0 aliphatic heterocycles. The molecule has 0 heterocycles. The minimum absolute atomic E-state index is 0.0877. The van der Waals surface area contributed by atoms with Gasteiger partial charge >= 0.3 is 0 Å². The minimum Gasteiger partial charge on any atom is -0.398 e. The van der Waals surface area contributed by atoms with Crippen molar-refractivity contribution in [2.75, 3.05) is 5.73 Å². The molecule has 0 aliphatic carbocycles. The molecular formula is C14H22N2O. The molecule has 0 aliphatic rings. The number of benzene rings is 1. The van der Waals surface area contributed by atoms with Crippen LogP contribution in [0.3, 0.4) is 0 Å². The van der Waals surface area contributed by atoms with Crippen molar-refractivity contribution in [1.82, 2.24) is 5.32 Å². The molecule has 0 saturated heterocycles. The van der Waals surface area contributed by atoms with Crippen LogP contribution in [-0.4, -0.2) is 11.9 Å². The summed E-state index contributed by atoms with van der Waals surface area (Å²) in [7, 11) is 0. The third-order valence-corrected chi connectivity index (χ3v) is 3.31. The Balaban J connectivity index is 2.76. The number of rotatable bonds is 4. The molecule has 3 nitrogen and oxygen atoms in total. The number of amides is 1. The maximum Gasteiger partial charge on any atom is 0.253 e. The van der Waals surface area contributed by atoms with Crippen molar-refractivity contribution in [2.45, 2.75) is 40.2 Å². The van der Waals surface area contributed by atoms with E-state index >= 15 is 0 Å². The van der Waals surface area contributed by atoms with E-state index in [0.29, 0.717) is 17.2 Å². The Morgan fingerprint density at radius 2 is 2.06 bits per heavy atom. The number of hydrogen-bond acceptors (Lipinski definition) is 2. The van der Waals surface area contributed by atoms with Crippen LogP contribution in [0.5, 0.6) is 0 Å². The summed E-state index contributed by atoms with van der Waals surface area (Å²) in [6.45, 7) is 8.23. The van der Waals surface area contributed by atoms with E-state index in [1.165, 1.54) is 0 Å². The van der Waals surface area contributed by atoms with Crippen molar-refractivity contribution in [3.8, 4) is 0 Å². The molecule has 17 heavy (non-hydrogen) atoms. The molecule has 3 N–H and O–H groups in total. The second-order valence-electron chi connectivity index (χ2n) is 4.74. The van der Waals surface area contributed by atoms with Crippen molar-refractivity contribution in [2.24, 2.45) is 5.92 Å².